The molecule has 1 saturated heterocycles. The molecule has 2 aromatic rings. The first kappa shape index (κ1) is 30.8. The fraction of sp³-hybridized carbons (Fsp3) is 0.552. The summed E-state index contributed by atoms with van der Waals surface area (Å²) in [6, 6.07) is 9.06. The minimum Gasteiger partial charge on any atom is -0.496 e. The zero-order chi connectivity index (χ0) is 27.5. The van der Waals surface area contributed by atoms with Gasteiger partial charge in [-0.3, -0.25) is 9.69 Å². The van der Waals surface area contributed by atoms with Gasteiger partial charge >= 0.3 is 0 Å². The van der Waals surface area contributed by atoms with Crippen molar-refractivity contribution in [2.24, 2.45) is 5.92 Å². The van der Waals surface area contributed by atoms with Crippen molar-refractivity contribution in [3.63, 3.8) is 0 Å². The first-order valence-corrected chi connectivity index (χ1v) is 14.7. The van der Waals surface area contributed by atoms with Gasteiger partial charge in [0.1, 0.15) is 5.75 Å². The molecule has 1 fully saturated rings. The van der Waals surface area contributed by atoms with E-state index in [0.717, 1.165) is 52.1 Å². The maximum atomic E-state index is 12.7. The van der Waals surface area contributed by atoms with Crippen molar-refractivity contribution < 1.29 is 9.53 Å². The summed E-state index contributed by atoms with van der Waals surface area (Å²) in [5, 5.41) is 4.64. The van der Waals surface area contributed by atoms with E-state index in [1.54, 1.807) is 12.1 Å². The molecule has 2 aromatic carbocycles. The molecule has 38 heavy (non-hydrogen) atoms. The van der Waals surface area contributed by atoms with Crippen molar-refractivity contribution in [1.82, 2.24) is 15.1 Å². The fourth-order valence-corrected chi connectivity index (χ4v) is 5.42. The van der Waals surface area contributed by atoms with Gasteiger partial charge in [0.2, 0.25) is 0 Å². The number of hydrogen-bond donors (Lipinski definition) is 2. The summed E-state index contributed by atoms with van der Waals surface area (Å²) in [6.07, 6.45) is 7.14. The number of anilines is 1. The van der Waals surface area contributed by atoms with Crippen LogP contribution in [-0.4, -0.2) is 62.1 Å². The van der Waals surface area contributed by atoms with Crippen LogP contribution in [0, 0.1) is 5.92 Å². The van der Waals surface area contributed by atoms with Gasteiger partial charge in [-0.25, -0.2) is 0 Å². The molecule has 0 spiro atoms. The van der Waals surface area contributed by atoms with Crippen LogP contribution in [0.1, 0.15) is 61.4 Å². The zero-order valence-corrected chi connectivity index (χ0v) is 24.8. The highest BCUT2D eigenvalue weighted by molar-refractivity contribution is 6.42. The van der Waals surface area contributed by atoms with E-state index < -0.39 is 0 Å². The number of nitrogens with two attached hydrogens (primary N) is 1. The van der Waals surface area contributed by atoms with Gasteiger partial charge in [-0.15, -0.1) is 0 Å². The molecule has 3 N–H and O–H groups in total. The van der Waals surface area contributed by atoms with Crippen LogP contribution in [0.5, 0.6) is 5.75 Å². The summed E-state index contributed by atoms with van der Waals surface area (Å²) in [5.41, 5.74) is 7.84. The lowest BCUT2D eigenvalue weighted by atomic mass is 9.96. The highest BCUT2D eigenvalue weighted by Crippen LogP contribution is 2.29. The van der Waals surface area contributed by atoms with Gasteiger partial charge in [-0.1, -0.05) is 60.6 Å². The standard InChI is InChI=1S/C29H41Cl3N4O2/c1-3-35(20-22-8-9-24(30)25(31)16-22)12-6-4-5-7-13-36-14-10-21(11-15-36)19-34-29(37)23-17-26(32)27(33)18-28(23)38-2/h8-9,16-18,21H,3-7,10-15,19-20,33H2,1-2H3,(H,34,37). The maximum absolute atomic E-state index is 12.7. The van der Waals surface area contributed by atoms with Crippen molar-refractivity contribution in [1.29, 1.82) is 0 Å². The van der Waals surface area contributed by atoms with Gasteiger partial charge < -0.3 is 20.7 Å². The number of halogens is 3. The lowest BCUT2D eigenvalue weighted by molar-refractivity contribution is 0.0933. The molecule has 3 rings (SSSR count). The molecule has 9 heteroatoms. The number of methoxy groups -OCH3 is 1. The van der Waals surface area contributed by atoms with Crippen molar-refractivity contribution in [2.45, 2.75) is 52.0 Å². The van der Waals surface area contributed by atoms with Crippen LogP contribution in [0.2, 0.25) is 15.1 Å². The molecule has 0 bridgehead atoms. The Morgan fingerprint density at radius 2 is 1.79 bits per heavy atom. The number of unbranched alkanes of at least 4 members (excludes halogenated alkanes) is 3. The molecule has 1 heterocycles. The van der Waals surface area contributed by atoms with E-state index in [2.05, 4.69) is 28.1 Å². The van der Waals surface area contributed by atoms with Crippen LogP contribution in [0.15, 0.2) is 30.3 Å². The van der Waals surface area contributed by atoms with Crippen LogP contribution < -0.4 is 15.8 Å². The second-order valence-electron chi connectivity index (χ2n) is 10.1. The fourth-order valence-electron chi connectivity index (χ4n) is 4.93. The number of benzene rings is 2. The molecule has 1 aliphatic rings. The number of carbonyl (C=O) groups excluding carboxylic acids is 1. The predicted octanol–water partition coefficient (Wildman–Crippen LogP) is 6.76. The number of carbonyl (C=O) groups is 1. The average molecular weight is 584 g/mol. The Hall–Kier alpha value is -1.70. The number of rotatable bonds is 14. The van der Waals surface area contributed by atoms with Gasteiger partial charge in [-0.2, -0.15) is 0 Å². The van der Waals surface area contributed by atoms with Gasteiger partial charge in [0, 0.05) is 19.2 Å². The Morgan fingerprint density at radius 1 is 1.05 bits per heavy atom. The van der Waals surface area contributed by atoms with E-state index in [4.69, 9.17) is 45.3 Å². The molecule has 0 atom stereocenters. The van der Waals surface area contributed by atoms with Gasteiger partial charge in [0.15, 0.2) is 0 Å². The normalized spacial score (nSPS) is 14.7. The maximum Gasteiger partial charge on any atom is 0.255 e. The second-order valence-corrected chi connectivity index (χ2v) is 11.3. The number of amides is 1. The Bertz CT molecular complexity index is 1040. The third-order valence-corrected chi connectivity index (χ3v) is 8.42. The van der Waals surface area contributed by atoms with E-state index in [0.29, 0.717) is 44.5 Å². The highest BCUT2D eigenvalue weighted by Gasteiger charge is 2.21. The molecule has 6 nitrogen and oxygen atoms in total. The first-order valence-electron chi connectivity index (χ1n) is 13.6. The number of likely N-dealkylation sites (tertiary alicyclic amines) is 1. The quantitative estimate of drug-likeness (QED) is 0.190. The lowest BCUT2D eigenvalue weighted by Crippen LogP contribution is -2.39. The summed E-state index contributed by atoms with van der Waals surface area (Å²) in [5.74, 6) is 0.749. The van der Waals surface area contributed by atoms with E-state index >= 15 is 0 Å². The SMILES string of the molecule is CCN(CCCCCCN1CCC(CNC(=O)c2cc(Cl)c(N)cc2OC)CC1)Cc1ccc(Cl)c(Cl)c1. The molecule has 0 aliphatic carbocycles. The Balaban J connectivity index is 1.27. The molecule has 0 unspecified atom stereocenters. The van der Waals surface area contributed by atoms with Crippen molar-refractivity contribution in [3.8, 4) is 5.75 Å². The molecule has 210 valence electrons. The molecule has 0 saturated carbocycles. The number of ether oxygens (including phenoxy) is 1. The molecular weight excluding hydrogens is 543 g/mol. The van der Waals surface area contributed by atoms with Crippen LogP contribution in [0.3, 0.4) is 0 Å². The average Bonchev–Trinajstić information content (AvgIpc) is 2.92. The van der Waals surface area contributed by atoms with Gasteiger partial charge in [0.05, 0.1) is 33.4 Å². The van der Waals surface area contributed by atoms with Gasteiger partial charge in [-0.05, 0) is 88.1 Å². The molecular formula is C29H41Cl3N4O2. The Morgan fingerprint density at radius 3 is 2.47 bits per heavy atom. The minimum absolute atomic E-state index is 0.176. The molecule has 1 aliphatic heterocycles. The molecule has 0 radical (unpaired) electrons. The summed E-state index contributed by atoms with van der Waals surface area (Å²) < 4.78 is 5.30. The van der Waals surface area contributed by atoms with Crippen LogP contribution in [0.25, 0.3) is 0 Å². The van der Waals surface area contributed by atoms with Crippen LogP contribution in [-0.2, 0) is 6.54 Å². The molecule has 0 aromatic heterocycles. The number of nitrogen functional groups attached to an aromatic ring is 1. The summed E-state index contributed by atoms with van der Waals surface area (Å²) in [6.45, 7) is 9.23. The summed E-state index contributed by atoms with van der Waals surface area (Å²) in [4.78, 5) is 17.7. The Labute approximate surface area is 242 Å². The monoisotopic (exact) mass is 582 g/mol. The predicted molar refractivity (Wildman–Crippen MR) is 160 cm³/mol. The minimum atomic E-state index is -0.176. The summed E-state index contributed by atoms with van der Waals surface area (Å²) >= 11 is 18.3. The number of nitrogens with zero attached hydrogens (tertiary/aromatic N) is 2. The van der Waals surface area contributed by atoms with Crippen molar-refractivity contribution in [2.75, 3.05) is 52.1 Å². The van der Waals surface area contributed by atoms with Crippen molar-refractivity contribution >= 4 is 46.4 Å². The van der Waals surface area contributed by atoms with Crippen LogP contribution >= 0.6 is 34.8 Å². The first-order chi connectivity index (χ1) is 18.3. The third-order valence-electron chi connectivity index (χ3n) is 7.36. The molecule has 1 amide bonds. The third kappa shape index (κ3) is 9.49. The van der Waals surface area contributed by atoms with E-state index in [1.165, 1.54) is 38.4 Å². The number of hydrogen-bond acceptors (Lipinski definition) is 5. The lowest BCUT2D eigenvalue weighted by Gasteiger charge is -2.32. The number of piperidine rings is 1. The largest absolute Gasteiger partial charge is 0.496 e. The smallest absolute Gasteiger partial charge is 0.255 e. The van der Waals surface area contributed by atoms with Crippen LogP contribution in [0.4, 0.5) is 5.69 Å². The van der Waals surface area contributed by atoms with Gasteiger partial charge in [0.25, 0.3) is 5.91 Å². The number of nitrogens with one attached hydrogen (secondary N) is 1. The van der Waals surface area contributed by atoms with E-state index in [9.17, 15) is 4.79 Å². The summed E-state index contributed by atoms with van der Waals surface area (Å²) in [7, 11) is 1.52. The topological polar surface area (TPSA) is 70.8 Å². The highest BCUT2D eigenvalue weighted by atomic mass is 35.5. The second kappa shape index (κ2) is 15.8. The zero-order valence-electron chi connectivity index (χ0n) is 22.6. The Kier molecular flexibility index (Phi) is 12.8. The van der Waals surface area contributed by atoms with Crippen molar-refractivity contribution in [3.05, 3.63) is 56.5 Å². The van der Waals surface area contributed by atoms with E-state index in [1.807, 2.05) is 12.1 Å². The van der Waals surface area contributed by atoms with E-state index in [-0.39, 0.29) is 5.91 Å².